The van der Waals surface area contributed by atoms with Gasteiger partial charge in [0.05, 0.1) is 0 Å². The number of hydrogen-bond acceptors (Lipinski definition) is 0. The van der Waals surface area contributed by atoms with E-state index in [2.05, 4.69) is 46.9 Å². The zero-order valence-corrected chi connectivity index (χ0v) is 8.45. The maximum Gasteiger partial charge on any atom is 1.00 e. The zero-order valence-electron chi connectivity index (χ0n) is 8.45. The third kappa shape index (κ3) is 11.4. The predicted molar refractivity (Wildman–Crippen MR) is 42.9 cm³/mol. The van der Waals surface area contributed by atoms with Gasteiger partial charge in [0.25, 0.3) is 0 Å². The minimum atomic E-state index is 0. The third-order valence-corrected chi connectivity index (χ3v) is 0.671. The molecule has 0 saturated carbocycles. The molecule has 0 fully saturated rings. The average Bonchev–Trinajstić information content (AvgIpc) is 1.14. The van der Waals surface area contributed by atoms with Crippen LogP contribution in [0.2, 0.25) is 0 Å². The molecule has 0 aliphatic carbocycles. The largest absolute Gasteiger partial charge is 1.00 e. The Hall–Kier alpha value is 0.557. The second-order valence-electron chi connectivity index (χ2n) is 4.45. The first-order chi connectivity index (χ1) is 3.71. The summed E-state index contributed by atoms with van der Waals surface area (Å²) >= 11 is 0. The molecule has 0 amide bonds. The van der Waals surface area contributed by atoms with Gasteiger partial charge in [-0.2, -0.15) is 0 Å². The van der Waals surface area contributed by atoms with Crippen LogP contribution in [0, 0.1) is 0 Å². The Balaban J connectivity index is 0. The SMILES string of the molecule is CC(C)(C)[N-]C(C)(C)C.[Li+]. The van der Waals surface area contributed by atoms with Crippen LogP contribution in [-0.4, -0.2) is 11.1 Å². The number of nitrogens with zero attached hydrogens (tertiary/aromatic N) is 1. The van der Waals surface area contributed by atoms with Crippen LogP contribution < -0.4 is 18.9 Å². The monoisotopic (exact) mass is 135 g/mol. The Bertz CT molecular complexity index is 74.4. The molecule has 56 valence electrons. The van der Waals surface area contributed by atoms with Gasteiger partial charge in [-0.1, -0.05) is 41.5 Å². The Morgan fingerprint density at radius 2 is 0.900 bits per heavy atom. The van der Waals surface area contributed by atoms with E-state index in [0.717, 1.165) is 0 Å². The van der Waals surface area contributed by atoms with Gasteiger partial charge in [0.1, 0.15) is 0 Å². The molecule has 0 unspecified atom stereocenters. The predicted octanol–water partition coefficient (Wildman–Crippen LogP) is -0.0389. The van der Waals surface area contributed by atoms with Gasteiger partial charge < -0.3 is 5.32 Å². The van der Waals surface area contributed by atoms with Crippen LogP contribution in [0.25, 0.3) is 5.32 Å². The van der Waals surface area contributed by atoms with E-state index in [1.54, 1.807) is 0 Å². The van der Waals surface area contributed by atoms with Gasteiger partial charge in [0.15, 0.2) is 0 Å². The molecule has 0 aromatic heterocycles. The van der Waals surface area contributed by atoms with Gasteiger partial charge in [-0.05, 0) is 0 Å². The van der Waals surface area contributed by atoms with E-state index in [1.807, 2.05) is 0 Å². The summed E-state index contributed by atoms with van der Waals surface area (Å²) in [6.45, 7) is 12.7. The van der Waals surface area contributed by atoms with Crippen molar-refractivity contribution in [2.24, 2.45) is 0 Å². The fourth-order valence-electron chi connectivity index (χ4n) is 1.01. The van der Waals surface area contributed by atoms with Gasteiger partial charge in [-0.15, -0.1) is 11.1 Å². The summed E-state index contributed by atoms with van der Waals surface area (Å²) in [5.41, 5.74) is 0.219. The van der Waals surface area contributed by atoms with Crippen molar-refractivity contribution in [2.45, 2.75) is 52.6 Å². The standard InChI is InChI=1S/C8H18N.Li/c1-7(2,3)9-8(4,5)6;/h1-6H3;/q-1;+1. The Kier molecular flexibility index (Phi) is 5.01. The summed E-state index contributed by atoms with van der Waals surface area (Å²) in [5.74, 6) is 0. The van der Waals surface area contributed by atoms with Crippen molar-refractivity contribution in [1.82, 2.24) is 0 Å². The molecule has 0 aromatic rings. The van der Waals surface area contributed by atoms with E-state index in [1.165, 1.54) is 0 Å². The maximum atomic E-state index is 4.54. The number of hydrogen-bond donors (Lipinski definition) is 0. The Morgan fingerprint density at radius 1 is 0.700 bits per heavy atom. The topological polar surface area (TPSA) is 14.1 Å². The molecule has 0 saturated heterocycles. The van der Waals surface area contributed by atoms with Crippen molar-refractivity contribution in [3.05, 3.63) is 5.32 Å². The summed E-state index contributed by atoms with van der Waals surface area (Å²) in [6, 6.07) is 0. The van der Waals surface area contributed by atoms with Gasteiger partial charge in [-0.3, -0.25) is 0 Å². The maximum absolute atomic E-state index is 4.54. The molecule has 0 N–H and O–H groups in total. The smallest absolute Gasteiger partial charge is 0.653 e. The molecule has 0 aliphatic rings. The molecule has 0 heterocycles. The molecule has 0 atom stereocenters. The minimum Gasteiger partial charge on any atom is -0.653 e. The summed E-state index contributed by atoms with van der Waals surface area (Å²) < 4.78 is 0. The molecule has 0 aliphatic heterocycles. The van der Waals surface area contributed by atoms with E-state index in [4.69, 9.17) is 0 Å². The van der Waals surface area contributed by atoms with Gasteiger partial charge >= 0.3 is 18.9 Å². The molecule has 0 rings (SSSR count). The molecule has 0 radical (unpaired) electrons. The fraction of sp³-hybridized carbons (Fsp3) is 1.00. The van der Waals surface area contributed by atoms with Gasteiger partial charge in [0, 0.05) is 0 Å². The van der Waals surface area contributed by atoms with Crippen molar-refractivity contribution in [2.75, 3.05) is 0 Å². The average molecular weight is 135 g/mol. The van der Waals surface area contributed by atoms with Crippen LogP contribution in [0.4, 0.5) is 0 Å². The van der Waals surface area contributed by atoms with Gasteiger partial charge in [0.2, 0.25) is 0 Å². The quantitative estimate of drug-likeness (QED) is 0.414. The molecule has 10 heavy (non-hydrogen) atoms. The van der Waals surface area contributed by atoms with Crippen molar-refractivity contribution in [3.63, 3.8) is 0 Å². The first kappa shape index (κ1) is 13.2. The Morgan fingerprint density at radius 3 is 0.900 bits per heavy atom. The first-order valence-electron chi connectivity index (χ1n) is 3.45. The molecular formula is C8H18LiN. The van der Waals surface area contributed by atoms with E-state index in [0.29, 0.717) is 0 Å². The van der Waals surface area contributed by atoms with Crippen molar-refractivity contribution >= 4 is 0 Å². The summed E-state index contributed by atoms with van der Waals surface area (Å²) in [5, 5.41) is 4.54. The van der Waals surface area contributed by atoms with E-state index in [-0.39, 0.29) is 29.9 Å². The third-order valence-electron chi connectivity index (χ3n) is 0.671. The fourth-order valence-corrected chi connectivity index (χ4v) is 1.01. The number of rotatable bonds is 0. The molecule has 0 spiro atoms. The van der Waals surface area contributed by atoms with Gasteiger partial charge in [-0.25, -0.2) is 0 Å². The second kappa shape index (κ2) is 3.81. The normalized spacial score (nSPS) is 12.6. The van der Waals surface area contributed by atoms with Crippen LogP contribution in [-0.2, 0) is 0 Å². The molecule has 1 nitrogen and oxygen atoms in total. The summed E-state index contributed by atoms with van der Waals surface area (Å²) in [7, 11) is 0. The van der Waals surface area contributed by atoms with Crippen LogP contribution >= 0.6 is 0 Å². The van der Waals surface area contributed by atoms with Crippen LogP contribution in [0.5, 0.6) is 0 Å². The Labute approximate surface area is 77.1 Å². The summed E-state index contributed by atoms with van der Waals surface area (Å²) in [6.07, 6.45) is 0. The van der Waals surface area contributed by atoms with E-state index >= 15 is 0 Å². The van der Waals surface area contributed by atoms with Crippen molar-refractivity contribution in [3.8, 4) is 0 Å². The zero-order chi connectivity index (χ0) is 7.71. The summed E-state index contributed by atoms with van der Waals surface area (Å²) in [4.78, 5) is 0. The molecule has 2 heteroatoms. The van der Waals surface area contributed by atoms with Crippen molar-refractivity contribution in [1.29, 1.82) is 0 Å². The first-order valence-corrected chi connectivity index (χ1v) is 3.45. The van der Waals surface area contributed by atoms with E-state index in [9.17, 15) is 0 Å². The van der Waals surface area contributed by atoms with Crippen LogP contribution in [0.3, 0.4) is 0 Å². The second-order valence-corrected chi connectivity index (χ2v) is 4.45. The van der Waals surface area contributed by atoms with Crippen molar-refractivity contribution < 1.29 is 18.9 Å². The van der Waals surface area contributed by atoms with Crippen LogP contribution in [0.1, 0.15) is 41.5 Å². The molecule has 0 bridgehead atoms. The van der Waals surface area contributed by atoms with E-state index < -0.39 is 0 Å². The molecule has 0 aromatic carbocycles. The molecular weight excluding hydrogens is 117 g/mol. The minimum absolute atomic E-state index is 0. The van der Waals surface area contributed by atoms with Crippen LogP contribution in [0.15, 0.2) is 0 Å².